The first-order valence-corrected chi connectivity index (χ1v) is 6.44. The number of rotatable bonds is 6. The van der Waals surface area contributed by atoms with Gasteiger partial charge in [0.2, 0.25) is 0 Å². The average Bonchev–Trinajstić information content (AvgIpc) is 2.93. The van der Waals surface area contributed by atoms with Crippen molar-refractivity contribution in [2.45, 2.75) is 26.5 Å². The normalized spacial score (nSPS) is 10.8. The Labute approximate surface area is 109 Å². The minimum absolute atomic E-state index is 0.0690. The Morgan fingerprint density at radius 2 is 2.39 bits per heavy atom. The lowest BCUT2D eigenvalue weighted by molar-refractivity contribution is 0.245. The van der Waals surface area contributed by atoms with Gasteiger partial charge in [0, 0.05) is 12.7 Å². The number of nitrogens with one attached hydrogen (secondary N) is 1. The first kappa shape index (κ1) is 12.6. The third-order valence-corrected chi connectivity index (χ3v) is 2.93. The fraction of sp³-hybridized carbons (Fsp3) is 0.500. The first-order chi connectivity index (χ1) is 8.66. The van der Waals surface area contributed by atoms with Crippen molar-refractivity contribution in [2.24, 2.45) is 0 Å². The van der Waals surface area contributed by atoms with E-state index in [2.05, 4.69) is 20.0 Å². The Kier molecular flexibility index (Phi) is 3.98. The molecule has 0 bridgehead atoms. The van der Waals surface area contributed by atoms with Gasteiger partial charge in [-0.05, 0) is 25.4 Å². The lowest BCUT2D eigenvalue weighted by Crippen LogP contribution is -2.12. The summed E-state index contributed by atoms with van der Waals surface area (Å²) in [5.74, 6) is 1.06. The highest BCUT2D eigenvalue weighted by molar-refractivity contribution is 7.11. The van der Waals surface area contributed by atoms with E-state index in [9.17, 15) is 0 Å². The van der Waals surface area contributed by atoms with Gasteiger partial charge in [-0.3, -0.25) is 4.68 Å². The predicted molar refractivity (Wildman–Crippen MR) is 70.8 cm³/mol. The molecule has 0 aromatic carbocycles. The number of nitrogen functional groups attached to an aromatic ring is 1. The molecule has 8 heteroatoms. The Morgan fingerprint density at radius 3 is 3.06 bits per heavy atom. The molecule has 0 radical (unpaired) electrons. The average molecular weight is 268 g/mol. The van der Waals surface area contributed by atoms with Crippen molar-refractivity contribution in [1.29, 1.82) is 0 Å². The molecule has 2 rings (SSSR count). The van der Waals surface area contributed by atoms with E-state index < -0.39 is 0 Å². The molecule has 0 aliphatic carbocycles. The second-order valence-corrected chi connectivity index (χ2v) is 4.76. The molecule has 0 fully saturated rings. The van der Waals surface area contributed by atoms with Crippen molar-refractivity contribution in [1.82, 2.24) is 19.4 Å². The number of nitrogens with two attached hydrogens (primary N) is 1. The van der Waals surface area contributed by atoms with E-state index in [4.69, 9.17) is 10.5 Å². The number of aromatic nitrogens is 4. The summed E-state index contributed by atoms with van der Waals surface area (Å²) < 4.78 is 11.5. The largest absolute Gasteiger partial charge is 0.484 e. The van der Waals surface area contributed by atoms with E-state index in [0.29, 0.717) is 18.1 Å². The van der Waals surface area contributed by atoms with Crippen molar-refractivity contribution in [3.05, 3.63) is 12.4 Å². The van der Waals surface area contributed by atoms with Crippen LogP contribution in [0.2, 0.25) is 0 Å². The molecule has 0 spiro atoms. The molecule has 2 aromatic rings. The summed E-state index contributed by atoms with van der Waals surface area (Å²) in [4.78, 5) is 0. The van der Waals surface area contributed by atoms with Gasteiger partial charge in [0.1, 0.15) is 0 Å². The van der Waals surface area contributed by atoms with E-state index in [0.717, 1.165) is 11.5 Å². The van der Waals surface area contributed by atoms with Gasteiger partial charge in [0.25, 0.3) is 0 Å². The fourth-order valence-corrected chi connectivity index (χ4v) is 2.07. The standard InChI is InChI=1S/C10H16N6OS/c1-7(2)17-8-9(11)14-18-10(8)12-3-5-16-6-4-13-15-16/h4,6-7,12H,3,5H2,1-2H3,(H2,11,14). The van der Waals surface area contributed by atoms with Crippen LogP contribution in [0.4, 0.5) is 10.8 Å². The third kappa shape index (κ3) is 3.10. The van der Waals surface area contributed by atoms with Crippen LogP contribution in [0, 0.1) is 0 Å². The van der Waals surface area contributed by atoms with Crippen molar-refractivity contribution < 1.29 is 4.74 Å². The van der Waals surface area contributed by atoms with Gasteiger partial charge in [-0.25, -0.2) is 0 Å². The van der Waals surface area contributed by atoms with E-state index in [1.165, 1.54) is 11.5 Å². The summed E-state index contributed by atoms with van der Waals surface area (Å²) in [6.07, 6.45) is 3.53. The Bertz CT molecular complexity index is 481. The summed E-state index contributed by atoms with van der Waals surface area (Å²) in [5.41, 5.74) is 5.76. The Hall–Kier alpha value is -1.83. The van der Waals surface area contributed by atoms with Gasteiger partial charge in [-0.15, -0.1) is 5.10 Å². The van der Waals surface area contributed by atoms with Crippen LogP contribution in [0.3, 0.4) is 0 Å². The first-order valence-electron chi connectivity index (χ1n) is 5.66. The number of hydrogen-bond acceptors (Lipinski definition) is 7. The smallest absolute Gasteiger partial charge is 0.197 e. The molecule has 2 aromatic heterocycles. The molecule has 0 aliphatic heterocycles. The van der Waals surface area contributed by atoms with Crippen molar-refractivity contribution in [3.8, 4) is 5.75 Å². The molecule has 0 amide bonds. The summed E-state index contributed by atoms with van der Waals surface area (Å²) in [6.45, 7) is 5.34. The minimum atomic E-state index is 0.0690. The summed E-state index contributed by atoms with van der Waals surface area (Å²) in [5, 5.41) is 11.7. The summed E-state index contributed by atoms with van der Waals surface area (Å²) in [7, 11) is 0. The van der Waals surface area contributed by atoms with Crippen LogP contribution in [0.1, 0.15) is 13.8 Å². The Balaban J connectivity index is 1.92. The zero-order valence-electron chi connectivity index (χ0n) is 10.3. The van der Waals surface area contributed by atoms with E-state index >= 15 is 0 Å². The summed E-state index contributed by atoms with van der Waals surface area (Å²) >= 11 is 1.30. The molecular weight excluding hydrogens is 252 g/mol. The third-order valence-electron chi connectivity index (χ3n) is 2.13. The zero-order chi connectivity index (χ0) is 13.0. The van der Waals surface area contributed by atoms with Crippen LogP contribution in [-0.4, -0.2) is 32.0 Å². The van der Waals surface area contributed by atoms with Crippen LogP contribution in [-0.2, 0) is 6.54 Å². The molecule has 0 aliphatic rings. The van der Waals surface area contributed by atoms with Gasteiger partial charge >= 0.3 is 0 Å². The second kappa shape index (κ2) is 5.67. The maximum absolute atomic E-state index is 5.76. The van der Waals surface area contributed by atoms with E-state index in [-0.39, 0.29) is 6.10 Å². The highest BCUT2D eigenvalue weighted by Crippen LogP contribution is 2.35. The second-order valence-electron chi connectivity index (χ2n) is 3.99. The van der Waals surface area contributed by atoms with Gasteiger partial charge in [-0.2, -0.15) is 4.37 Å². The highest BCUT2D eigenvalue weighted by Gasteiger charge is 2.13. The molecule has 0 saturated carbocycles. The maximum Gasteiger partial charge on any atom is 0.197 e. The van der Waals surface area contributed by atoms with Crippen LogP contribution in [0.15, 0.2) is 12.4 Å². The molecule has 7 nitrogen and oxygen atoms in total. The topological polar surface area (TPSA) is 90.9 Å². The minimum Gasteiger partial charge on any atom is -0.484 e. The lowest BCUT2D eigenvalue weighted by atomic mass is 10.4. The molecule has 2 heterocycles. The van der Waals surface area contributed by atoms with Crippen LogP contribution in [0.5, 0.6) is 5.75 Å². The van der Waals surface area contributed by atoms with Gasteiger partial charge in [-0.1, -0.05) is 5.21 Å². The predicted octanol–water partition coefficient (Wildman–Crippen LogP) is 1.22. The number of hydrogen-bond donors (Lipinski definition) is 2. The van der Waals surface area contributed by atoms with Crippen molar-refractivity contribution in [2.75, 3.05) is 17.6 Å². The van der Waals surface area contributed by atoms with Crippen molar-refractivity contribution in [3.63, 3.8) is 0 Å². The van der Waals surface area contributed by atoms with Gasteiger partial charge < -0.3 is 15.8 Å². The van der Waals surface area contributed by atoms with Crippen molar-refractivity contribution >= 4 is 22.4 Å². The molecule has 98 valence electrons. The highest BCUT2D eigenvalue weighted by atomic mass is 32.1. The van der Waals surface area contributed by atoms with Crippen LogP contribution >= 0.6 is 11.5 Å². The summed E-state index contributed by atoms with van der Waals surface area (Å²) in [6, 6.07) is 0. The quantitative estimate of drug-likeness (QED) is 0.818. The van der Waals surface area contributed by atoms with E-state index in [1.54, 1.807) is 10.9 Å². The monoisotopic (exact) mass is 268 g/mol. The van der Waals surface area contributed by atoms with Gasteiger partial charge in [0.05, 0.1) is 18.8 Å². The van der Waals surface area contributed by atoms with Crippen LogP contribution < -0.4 is 15.8 Å². The SMILES string of the molecule is CC(C)Oc1c(N)nsc1NCCn1ccnn1. The molecule has 0 atom stereocenters. The lowest BCUT2D eigenvalue weighted by Gasteiger charge is -2.11. The van der Waals surface area contributed by atoms with Gasteiger partial charge in [0.15, 0.2) is 16.6 Å². The molecule has 0 saturated heterocycles. The number of ether oxygens (including phenoxy) is 1. The Morgan fingerprint density at radius 1 is 1.56 bits per heavy atom. The van der Waals surface area contributed by atoms with E-state index in [1.807, 2.05) is 20.0 Å². The zero-order valence-corrected chi connectivity index (χ0v) is 11.1. The molecule has 3 N–H and O–H groups in total. The van der Waals surface area contributed by atoms with Crippen LogP contribution in [0.25, 0.3) is 0 Å². The number of anilines is 2. The fourth-order valence-electron chi connectivity index (χ4n) is 1.39. The molecular formula is C10H16N6OS. The number of nitrogens with zero attached hydrogens (tertiary/aromatic N) is 4. The molecule has 0 unspecified atom stereocenters. The molecule has 18 heavy (non-hydrogen) atoms. The maximum atomic E-state index is 5.76.